The summed E-state index contributed by atoms with van der Waals surface area (Å²) in [5.41, 5.74) is 2.29. The van der Waals surface area contributed by atoms with Crippen LogP contribution in [0.3, 0.4) is 0 Å². The first-order valence-electron chi connectivity index (χ1n) is 8.09. The number of rotatable bonds is 3. The Morgan fingerprint density at radius 1 is 0.846 bits per heavy atom. The van der Waals surface area contributed by atoms with Gasteiger partial charge in [0.2, 0.25) is 9.84 Å². The van der Waals surface area contributed by atoms with Gasteiger partial charge in [-0.25, -0.2) is 8.42 Å². The van der Waals surface area contributed by atoms with E-state index in [1.807, 2.05) is 37.3 Å². The first-order chi connectivity index (χ1) is 12.5. The summed E-state index contributed by atoms with van der Waals surface area (Å²) in [4.78, 5) is 0.248. The molecule has 0 atom stereocenters. The molecule has 4 aromatic rings. The molecule has 0 spiro atoms. The highest BCUT2D eigenvalue weighted by Crippen LogP contribution is 2.39. The normalized spacial score (nSPS) is 11.7. The highest BCUT2D eigenvalue weighted by atomic mass is 32.2. The summed E-state index contributed by atoms with van der Waals surface area (Å²) in [6, 6.07) is 20.1. The van der Waals surface area contributed by atoms with Gasteiger partial charge in [0.1, 0.15) is 16.2 Å². The number of sulfone groups is 1. The van der Waals surface area contributed by atoms with Gasteiger partial charge < -0.3 is 9.52 Å². The highest BCUT2D eigenvalue weighted by molar-refractivity contribution is 7.91. The topological polar surface area (TPSA) is 67.5 Å². The summed E-state index contributed by atoms with van der Waals surface area (Å²) in [5.74, 6) is 0.332. The number of fused-ring (bicyclic) bond motifs is 1. The summed E-state index contributed by atoms with van der Waals surface area (Å²) in [6.07, 6.45) is 0. The van der Waals surface area contributed by atoms with Gasteiger partial charge in [-0.15, -0.1) is 0 Å². The van der Waals surface area contributed by atoms with E-state index in [9.17, 15) is 13.5 Å². The predicted octanol–water partition coefficient (Wildman–Crippen LogP) is 4.95. The zero-order valence-corrected chi connectivity index (χ0v) is 14.8. The second-order valence-corrected chi connectivity index (χ2v) is 8.01. The van der Waals surface area contributed by atoms with Gasteiger partial charge in [-0.2, -0.15) is 0 Å². The number of hydrogen-bond acceptors (Lipinski definition) is 4. The quantitative estimate of drug-likeness (QED) is 0.559. The van der Waals surface area contributed by atoms with Gasteiger partial charge in [-0.05, 0) is 43.3 Å². The van der Waals surface area contributed by atoms with Crippen molar-refractivity contribution in [3.63, 3.8) is 0 Å². The molecule has 3 aromatic carbocycles. The van der Waals surface area contributed by atoms with Crippen LogP contribution in [0.5, 0.6) is 5.75 Å². The van der Waals surface area contributed by atoms with E-state index in [2.05, 4.69) is 0 Å². The van der Waals surface area contributed by atoms with Crippen LogP contribution in [0, 0.1) is 6.92 Å². The van der Waals surface area contributed by atoms with Crippen molar-refractivity contribution in [2.24, 2.45) is 0 Å². The average molecular weight is 364 g/mol. The molecule has 0 aliphatic heterocycles. The van der Waals surface area contributed by atoms with Crippen LogP contribution in [0.4, 0.5) is 0 Å². The fourth-order valence-corrected chi connectivity index (χ4v) is 4.52. The maximum atomic E-state index is 13.3. The molecule has 4 rings (SSSR count). The Bertz CT molecular complexity index is 1190. The van der Waals surface area contributed by atoms with Crippen molar-refractivity contribution in [2.75, 3.05) is 0 Å². The summed E-state index contributed by atoms with van der Waals surface area (Å²) in [5, 5.41) is 10.0. The van der Waals surface area contributed by atoms with E-state index >= 15 is 0 Å². The summed E-state index contributed by atoms with van der Waals surface area (Å²) in [7, 11) is -3.83. The lowest BCUT2D eigenvalue weighted by molar-refractivity contribution is 0.475. The van der Waals surface area contributed by atoms with E-state index in [-0.39, 0.29) is 15.5 Å². The van der Waals surface area contributed by atoms with Gasteiger partial charge in [0.25, 0.3) is 0 Å². The Balaban J connectivity index is 2.03. The van der Waals surface area contributed by atoms with Crippen molar-refractivity contribution in [1.82, 2.24) is 0 Å². The molecule has 4 nitrogen and oxygen atoms in total. The molecule has 1 heterocycles. The van der Waals surface area contributed by atoms with Crippen LogP contribution in [0.2, 0.25) is 0 Å². The van der Waals surface area contributed by atoms with E-state index in [0.29, 0.717) is 22.3 Å². The fourth-order valence-electron chi connectivity index (χ4n) is 2.93. The molecule has 0 saturated carbocycles. The SMILES string of the molecule is Cc1ccc(-c2oc3ccccc3c2S(=O)(=O)c2ccc(O)cc2)cc1. The minimum Gasteiger partial charge on any atom is -0.508 e. The smallest absolute Gasteiger partial charge is 0.211 e. The molecule has 0 unspecified atom stereocenters. The summed E-state index contributed by atoms with van der Waals surface area (Å²) >= 11 is 0. The van der Waals surface area contributed by atoms with Crippen LogP contribution in [0.1, 0.15) is 5.56 Å². The van der Waals surface area contributed by atoms with Crippen LogP contribution in [-0.2, 0) is 9.84 Å². The molecule has 26 heavy (non-hydrogen) atoms. The van der Waals surface area contributed by atoms with Gasteiger partial charge in [-0.3, -0.25) is 0 Å². The second kappa shape index (κ2) is 6.04. The number of benzene rings is 3. The maximum Gasteiger partial charge on any atom is 0.211 e. The largest absolute Gasteiger partial charge is 0.508 e. The third-order valence-electron chi connectivity index (χ3n) is 4.28. The molecule has 1 N–H and O–H groups in total. The van der Waals surface area contributed by atoms with Crippen molar-refractivity contribution in [3.05, 3.63) is 78.4 Å². The van der Waals surface area contributed by atoms with E-state index in [4.69, 9.17) is 4.42 Å². The van der Waals surface area contributed by atoms with Gasteiger partial charge in [0.15, 0.2) is 5.76 Å². The number of phenolic OH excluding ortho intramolecular Hbond substituents is 1. The molecule has 0 saturated heterocycles. The number of aryl methyl sites for hydroxylation is 1. The Morgan fingerprint density at radius 2 is 1.50 bits per heavy atom. The lowest BCUT2D eigenvalue weighted by atomic mass is 10.1. The summed E-state index contributed by atoms with van der Waals surface area (Å²) < 4.78 is 32.6. The third-order valence-corrected chi connectivity index (χ3v) is 6.11. The minimum absolute atomic E-state index is 0.0137. The van der Waals surface area contributed by atoms with Crippen LogP contribution >= 0.6 is 0 Å². The molecule has 1 aromatic heterocycles. The molecule has 0 radical (unpaired) electrons. The summed E-state index contributed by atoms with van der Waals surface area (Å²) in [6.45, 7) is 1.97. The zero-order valence-electron chi connectivity index (χ0n) is 14.0. The van der Waals surface area contributed by atoms with Gasteiger partial charge >= 0.3 is 0 Å². The van der Waals surface area contributed by atoms with Crippen LogP contribution in [0.15, 0.2) is 87.0 Å². The number of aromatic hydroxyl groups is 1. The molecular formula is C21H16O4S. The van der Waals surface area contributed by atoms with Crippen molar-refractivity contribution in [1.29, 1.82) is 0 Å². The lowest BCUT2D eigenvalue weighted by Gasteiger charge is -2.07. The Kier molecular flexibility index (Phi) is 3.81. The van der Waals surface area contributed by atoms with Crippen LogP contribution < -0.4 is 0 Å². The first-order valence-corrected chi connectivity index (χ1v) is 9.58. The third kappa shape index (κ3) is 2.66. The highest BCUT2D eigenvalue weighted by Gasteiger charge is 2.28. The maximum absolute atomic E-state index is 13.3. The van der Waals surface area contributed by atoms with Gasteiger partial charge in [0, 0.05) is 10.9 Å². The lowest BCUT2D eigenvalue weighted by Crippen LogP contribution is -2.02. The zero-order chi connectivity index (χ0) is 18.3. The molecule has 0 bridgehead atoms. The van der Waals surface area contributed by atoms with Crippen molar-refractivity contribution >= 4 is 20.8 Å². The standard InChI is InChI=1S/C21H16O4S/c1-14-6-8-15(9-7-14)20-21(18-4-2-3-5-19(18)25-20)26(23,24)17-12-10-16(22)11-13-17/h2-13,22H,1H3. The number of para-hydroxylation sites is 1. The van der Waals surface area contributed by atoms with Gasteiger partial charge in [-0.1, -0.05) is 42.0 Å². The van der Waals surface area contributed by atoms with Crippen molar-refractivity contribution in [2.45, 2.75) is 16.7 Å². The first kappa shape index (κ1) is 16.4. The predicted molar refractivity (Wildman–Crippen MR) is 99.9 cm³/mol. The number of furan rings is 1. The van der Waals surface area contributed by atoms with Crippen molar-refractivity contribution < 1.29 is 17.9 Å². The van der Waals surface area contributed by atoms with Crippen LogP contribution in [0.25, 0.3) is 22.3 Å². The molecule has 5 heteroatoms. The molecule has 0 amide bonds. The van der Waals surface area contributed by atoms with E-state index in [0.717, 1.165) is 5.56 Å². The van der Waals surface area contributed by atoms with E-state index in [1.165, 1.54) is 24.3 Å². The minimum atomic E-state index is -3.83. The van der Waals surface area contributed by atoms with E-state index < -0.39 is 9.84 Å². The van der Waals surface area contributed by atoms with Gasteiger partial charge in [0.05, 0.1) is 4.90 Å². The van der Waals surface area contributed by atoms with E-state index in [1.54, 1.807) is 18.2 Å². The number of phenols is 1. The molecular weight excluding hydrogens is 348 g/mol. The Morgan fingerprint density at radius 3 is 2.19 bits per heavy atom. The van der Waals surface area contributed by atoms with Crippen LogP contribution in [-0.4, -0.2) is 13.5 Å². The monoisotopic (exact) mass is 364 g/mol. The average Bonchev–Trinajstić information content (AvgIpc) is 3.03. The Hall–Kier alpha value is -3.05. The molecule has 0 fully saturated rings. The second-order valence-electron chi connectivity index (χ2n) is 6.12. The fraction of sp³-hybridized carbons (Fsp3) is 0.0476. The molecule has 130 valence electrons. The molecule has 0 aliphatic carbocycles. The Labute approximate surface area is 151 Å². The molecule has 0 aliphatic rings. The number of hydrogen-bond donors (Lipinski definition) is 1. The van der Waals surface area contributed by atoms with Crippen molar-refractivity contribution in [3.8, 4) is 17.1 Å².